The van der Waals surface area contributed by atoms with E-state index in [1.807, 2.05) is 43.2 Å². The van der Waals surface area contributed by atoms with Crippen molar-refractivity contribution in [3.63, 3.8) is 0 Å². The highest BCUT2D eigenvalue weighted by atomic mass is 16.3. The number of hydrogen-bond acceptors (Lipinski definition) is 4. The van der Waals surface area contributed by atoms with E-state index in [4.69, 9.17) is 4.42 Å². The molecule has 1 aromatic carbocycles. The second kappa shape index (κ2) is 4.27. The highest BCUT2D eigenvalue weighted by Crippen LogP contribution is 2.25. The molecule has 1 N–H and O–H groups in total. The van der Waals surface area contributed by atoms with E-state index < -0.39 is 0 Å². The molecule has 18 heavy (non-hydrogen) atoms. The monoisotopic (exact) mass is 242 g/mol. The molecule has 0 amide bonds. The van der Waals surface area contributed by atoms with E-state index in [0.717, 1.165) is 34.6 Å². The van der Waals surface area contributed by atoms with E-state index in [2.05, 4.69) is 15.3 Å². The van der Waals surface area contributed by atoms with Crippen molar-refractivity contribution in [2.24, 2.45) is 7.05 Å². The number of nitrogens with zero attached hydrogens (tertiary/aromatic N) is 3. The summed E-state index contributed by atoms with van der Waals surface area (Å²) in [5.74, 6) is 0. The van der Waals surface area contributed by atoms with Crippen LogP contribution in [0.5, 0.6) is 0 Å². The molecule has 0 fully saturated rings. The minimum atomic E-state index is 0.778. The van der Waals surface area contributed by atoms with Crippen LogP contribution >= 0.6 is 0 Å². The predicted octanol–water partition coefficient (Wildman–Crippen LogP) is 1.95. The first-order valence-corrected chi connectivity index (χ1v) is 5.78. The second-order valence-corrected chi connectivity index (χ2v) is 4.22. The smallest absolute Gasteiger partial charge is 0.181 e. The normalized spacial score (nSPS) is 11.2. The number of nitrogens with one attached hydrogen (secondary N) is 1. The Labute approximate surface area is 104 Å². The van der Waals surface area contributed by atoms with E-state index in [0.29, 0.717) is 0 Å². The Balaban J connectivity index is 2.13. The summed E-state index contributed by atoms with van der Waals surface area (Å²) in [6.45, 7) is 0.778. The number of imidazole rings is 1. The van der Waals surface area contributed by atoms with Crippen LogP contribution in [-0.4, -0.2) is 21.6 Å². The van der Waals surface area contributed by atoms with Gasteiger partial charge < -0.3 is 14.3 Å². The van der Waals surface area contributed by atoms with Gasteiger partial charge in [0.05, 0.1) is 17.7 Å². The fourth-order valence-electron chi connectivity index (χ4n) is 2.07. The lowest BCUT2D eigenvalue weighted by molar-refractivity contribution is 0.602. The third-order valence-corrected chi connectivity index (χ3v) is 3.01. The lowest BCUT2D eigenvalue weighted by atomic mass is 10.1. The van der Waals surface area contributed by atoms with Crippen molar-refractivity contribution in [3.8, 4) is 11.3 Å². The van der Waals surface area contributed by atoms with Crippen LogP contribution in [-0.2, 0) is 13.6 Å². The Hall–Kier alpha value is -2.14. The maximum atomic E-state index is 5.33. The minimum absolute atomic E-state index is 0.778. The van der Waals surface area contributed by atoms with Gasteiger partial charge in [-0.05, 0) is 19.2 Å². The summed E-state index contributed by atoms with van der Waals surface area (Å²) in [4.78, 5) is 8.57. The Kier molecular flexibility index (Phi) is 2.60. The van der Waals surface area contributed by atoms with E-state index in [1.165, 1.54) is 6.39 Å². The zero-order valence-electron chi connectivity index (χ0n) is 10.3. The zero-order chi connectivity index (χ0) is 12.5. The van der Waals surface area contributed by atoms with Crippen LogP contribution in [0.1, 0.15) is 5.69 Å². The number of aryl methyl sites for hydroxylation is 1. The molecule has 5 nitrogen and oxygen atoms in total. The van der Waals surface area contributed by atoms with Gasteiger partial charge in [0.25, 0.3) is 0 Å². The van der Waals surface area contributed by atoms with Gasteiger partial charge in [-0.2, -0.15) is 0 Å². The molecule has 0 aliphatic carbocycles. The van der Waals surface area contributed by atoms with Gasteiger partial charge in [-0.1, -0.05) is 6.07 Å². The van der Waals surface area contributed by atoms with Crippen LogP contribution in [0.15, 0.2) is 35.3 Å². The average molecular weight is 242 g/mol. The largest absolute Gasteiger partial charge is 0.443 e. The van der Waals surface area contributed by atoms with Crippen molar-refractivity contribution in [1.82, 2.24) is 19.9 Å². The number of benzene rings is 1. The van der Waals surface area contributed by atoms with Gasteiger partial charge >= 0.3 is 0 Å². The van der Waals surface area contributed by atoms with E-state index in [1.54, 1.807) is 0 Å². The number of fused-ring (bicyclic) bond motifs is 1. The van der Waals surface area contributed by atoms with Gasteiger partial charge in [-0.15, -0.1) is 0 Å². The van der Waals surface area contributed by atoms with Crippen LogP contribution < -0.4 is 5.32 Å². The van der Waals surface area contributed by atoms with Crippen LogP contribution in [0.3, 0.4) is 0 Å². The summed E-state index contributed by atoms with van der Waals surface area (Å²) >= 11 is 0. The molecular formula is C13H14N4O. The van der Waals surface area contributed by atoms with Crippen molar-refractivity contribution < 1.29 is 4.42 Å². The van der Waals surface area contributed by atoms with Crippen molar-refractivity contribution in [2.75, 3.05) is 7.05 Å². The molecule has 0 bridgehead atoms. The average Bonchev–Trinajstić information content (AvgIpc) is 2.97. The highest BCUT2D eigenvalue weighted by molar-refractivity contribution is 5.79. The minimum Gasteiger partial charge on any atom is -0.443 e. The topological polar surface area (TPSA) is 55.9 Å². The van der Waals surface area contributed by atoms with Gasteiger partial charge in [-0.25, -0.2) is 9.97 Å². The summed E-state index contributed by atoms with van der Waals surface area (Å²) in [5.41, 5.74) is 4.82. The molecule has 5 heteroatoms. The first kappa shape index (κ1) is 11.0. The summed E-state index contributed by atoms with van der Waals surface area (Å²) < 4.78 is 7.35. The SMILES string of the molecule is CNCc1c(-c2ccc3ncoc3c2)ncn1C. The Morgan fingerprint density at radius 2 is 2.22 bits per heavy atom. The number of oxazole rings is 1. The Bertz CT molecular complexity index is 683. The molecule has 3 aromatic rings. The fourth-order valence-corrected chi connectivity index (χ4v) is 2.07. The number of hydrogen-bond donors (Lipinski definition) is 1. The molecule has 0 radical (unpaired) electrons. The molecule has 0 unspecified atom stereocenters. The maximum Gasteiger partial charge on any atom is 0.181 e. The van der Waals surface area contributed by atoms with Crippen molar-refractivity contribution >= 4 is 11.1 Å². The lowest BCUT2D eigenvalue weighted by Crippen LogP contribution is -2.09. The van der Waals surface area contributed by atoms with Gasteiger partial charge in [0.1, 0.15) is 5.52 Å². The molecular weight excluding hydrogens is 228 g/mol. The molecule has 0 aliphatic rings. The highest BCUT2D eigenvalue weighted by Gasteiger charge is 2.11. The second-order valence-electron chi connectivity index (χ2n) is 4.22. The van der Waals surface area contributed by atoms with Gasteiger partial charge in [-0.3, -0.25) is 0 Å². The van der Waals surface area contributed by atoms with Gasteiger partial charge in [0.15, 0.2) is 12.0 Å². The van der Waals surface area contributed by atoms with Crippen molar-refractivity contribution in [3.05, 3.63) is 36.6 Å². The molecule has 3 rings (SSSR count). The third-order valence-electron chi connectivity index (χ3n) is 3.01. The van der Waals surface area contributed by atoms with E-state index >= 15 is 0 Å². The van der Waals surface area contributed by atoms with Crippen LogP contribution in [0.25, 0.3) is 22.4 Å². The standard InChI is InChI=1S/C13H14N4O/c1-14-6-11-13(15-7-17(11)2)9-3-4-10-12(5-9)18-8-16-10/h3-5,7-8,14H,6H2,1-2H3. The quantitative estimate of drug-likeness (QED) is 0.762. The first-order chi connectivity index (χ1) is 8.79. The van der Waals surface area contributed by atoms with Crippen molar-refractivity contribution in [1.29, 1.82) is 0 Å². The maximum absolute atomic E-state index is 5.33. The van der Waals surface area contributed by atoms with Gasteiger partial charge in [0.2, 0.25) is 0 Å². The molecule has 2 aromatic heterocycles. The van der Waals surface area contributed by atoms with Crippen LogP contribution in [0.2, 0.25) is 0 Å². The first-order valence-electron chi connectivity index (χ1n) is 5.78. The molecule has 0 saturated heterocycles. The summed E-state index contributed by atoms with van der Waals surface area (Å²) in [6, 6.07) is 5.95. The summed E-state index contributed by atoms with van der Waals surface area (Å²) in [7, 11) is 3.92. The van der Waals surface area contributed by atoms with Gasteiger partial charge in [0, 0.05) is 19.2 Å². The molecule has 0 saturated carbocycles. The summed E-state index contributed by atoms with van der Waals surface area (Å²) in [5, 5.41) is 3.16. The zero-order valence-corrected chi connectivity index (χ0v) is 10.3. The lowest BCUT2D eigenvalue weighted by Gasteiger charge is -2.05. The molecule has 2 heterocycles. The molecule has 92 valence electrons. The van der Waals surface area contributed by atoms with Crippen LogP contribution in [0.4, 0.5) is 0 Å². The van der Waals surface area contributed by atoms with Crippen molar-refractivity contribution in [2.45, 2.75) is 6.54 Å². The Morgan fingerprint density at radius 1 is 1.33 bits per heavy atom. The molecule has 0 atom stereocenters. The van der Waals surface area contributed by atoms with E-state index in [-0.39, 0.29) is 0 Å². The Morgan fingerprint density at radius 3 is 3.06 bits per heavy atom. The van der Waals surface area contributed by atoms with E-state index in [9.17, 15) is 0 Å². The predicted molar refractivity (Wildman–Crippen MR) is 69.0 cm³/mol. The third kappa shape index (κ3) is 1.69. The number of rotatable bonds is 3. The van der Waals surface area contributed by atoms with Crippen LogP contribution in [0, 0.1) is 0 Å². The fraction of sp³-hybridized carbons (Fsp3) is 0.231. The summed E-state index contributed by atoms with van der Waals surface area (Å²) in [6.07, 6.45) is 3.29. The molecule has 0 spiro atoms. The number of aromatic nitrogens is 3. The molecule has 0 aliphatic heterocycles.